The predicted molar refractivity (Wildman–Crippen MR) is 150 cm³/mol. The van der Waals surface area contributed by atoms with Crippen molar-refractivity contribution in [3.8, 4) is 0 Å². The summed E-state index contributed by atoms with van der Waals surface area (Å²) in [5.41, 5.74) is 1.93. The van der Waals surface area contributed by atoms with E-state index in [1.54, 1.807) is 53.7 Å². The molecule has 3 amide bonds. The van der Waals surface area contributed by atoms with Crippen LogP contribution in [0.15, 0.2) is 36.4 Å². The number of hydrogen-bond acceptors (Lipinski definition) is 5. The van der Waals surface area contributed by atoms with Crippen LogP contribution in [0.2, 0.25) is 5.02 Å². The highest BCUT2D eigenvalue weighted by Crippen LogP contribution is 2.34. The Bertz CT molecular complexity index is 1140. The summed E-state index contributed by atoms with van der Waals surface area (Å²) in [5.74, 6) is -1.12. The third-order valence-electron chi connectivity index (χ3n) is 5.67. The Morgan fingerprint density at radius 1 is 1.00 bits per heavy atom. The number of aliphatic hydroxyl groups is 1. The lowest BCUT2D eigenvalue weighted by Gasteiger charge is -2.43. The number of para-hydroxylation sites is 1. The Morgan fingerprint density at radius 2 is 1.58 bits per heavy atom. The molecular formula is C29H40ClN3O5. The van der Waals surface area contributed by atoms with Crippen molar-refractivity contribution < 1.29 is 24.2 Å². The van der Waals surface area contributed by atoms with Crippen LogP contribution in [0.5, 0.6) is 0 Å². The molecule has 2 aromatic carbocycles. The number of nitrogens with zero attached hydrogens (tertiary/aromatic N) is 1. The van der Waals surface area contributed by atoms with E-state index in [1.165, 1.54) is 4.90 Å². The number of aryl methyl sites for hydroxylation is 3. The van der Waals surface area contributed by atoms with Crippen LogP contribution in [0.3, 0.4) is 0 Å². The fourth-order valence-electron chi connectivity index (χ4n) is 4.22. The Hall–Kier alpha value is -3.10. The highest BCUT2D eigenvalue weighted by molar-refractivity contribution is 6.34. The molecule has 2 rings (SSSR count). The van der Waals surface area contributed by atoms with Crippen molar-refractivity contribution >= 4 is 35.2 Å². The van der Waals surface area contributed by atoms with Crippen LogP contribution in [0.4, 0.5) is 10.5 Å². The second-order valence-electron chi connectivity index (χ2n) is 11.5. The molecule has 0 fully saturated rings. The van der Waals surface area contributed by atoms with Crippen molar-refractivity contribution in [3.05, 3.63) is 63.7 Å². The molecule has 8 nitrogen and oxygen atoms in total. The summed E-state index contributed by atoms with van der Waals surface area (Å²) >= 11 is 6.40. The number of halogens is 1. The third-order valence-corrected chi connectivity index (χ3v) is 5.98. The number of alkyl carbamates (subject to hydrolysis) is 1. The van der Waals surface area contributed by atoms with Crippen molar-refractivity contribution in [1.29, 1.82) is 0 Å². The van der Waals surface area contributed by atoms with Gasteiger partial charge in [-0.05, 0) is 79.5 Å². The molecule has 0 saturated carbocycles. The molecule has 2 atom stereocenters. The van der Waals surface area contributed by atoms with Gasteiger partial charge in [0.05, 0.1) is 17.3 Å². The van der Waals surface area contributed by atoms with Gasteiger partial charge in [0.15, 0.2) is 0 Å². The highest BCUT2D eigenvalue weighted by atomic mass is 35.5. The number of anilines is 1. The quantitative estimate of drug-likeness (QED) is 0.428. The van der Waals surface area contributed by atoms with Crippen molar-refractivity contribution in [1.82, 2.24) is 10.2 Å². The van der Waals surface area contributed by atoms with Gasteiger partial charge in [0.1, 0.15) is 17.7 Å². The van der Waals surface area contributed by atoms with Crippen molar-refractivity contribution in [2.45, 2.75) is 85.5 Å². The van der Waals surface area contributed by atoms with E-state index in [4.69, 9.17) is 16.3 Å². The minimum atomic E-state index is -1.34. The molecule has 0 aliphatic heterocycles. The monoisotopic (exact) mass is 545 g/mol. The Labute approximate surface area is 230 Å². The van der Waals surface area contributed by atoms with E-state index in [1.807, 2.05) is 45.0 Å². The van der Waals surface area contributed by atoms with E-state index < -0.39 is 47.7 Å². The molecule has 0 heterocycles. The lowest BCUT2D eigenvalue weighted by Crippen LogP contribution is -2.59. The molecule has 2 unspecified atom stereocenters. The normalized spacial score (nSPS) is 13.3. The van der Waals surface area contributed by atoms with Gasteiger partial charge in [-0.2, -0.15) is 0 Å². The first-order valence-corrected chi connectivity index (χ1v) is 12.9. The summed E-state index contributed by atoms with van der Waals surface area (Å²) in [6.07, 6.45) is -0.849. The molecule has 0 spiro atoms. The third kappa shape index (κ3) is 8.20. The maximum Gasteiger partial charge on any atom is 0.408 e. The zero-order valence-electron chi connectivity index (χ0n) is 23.7. The Kier molecular flexibility index (Phi) is 9.97. The van der Waals surface area contributed by atoms with Gasteiger partial charge in [-0.3, -0.25) is 9.59 Å². The number of nitrogens with one attached hydrogen (secondary N) is 2. The standard InChI is InChI=1S/C29H40ClN3O5/c1-17-13-18(2)15-20(14-17)24(25(35)32-23-19(3)11-10-12-21(23)30)33(28(4,5)6)26(36)22(16-34)31-27(37)38-29(7,8)9/h10-15,22,24,34H,16H2,1-9H3,(H,31,37)(H,32,35). The van der Waals surface area contributed by atoms with Gasteiger partial charge in [0, 0.05) is 5.54 Å². The van der Waals surface area contributed by atoms with Crippen LogP contribution < -0.4 is 10.6 Å². The summed E-state index contributed by atoms with van der Waals surface area (Å²) in [4.78, 5) is 41.9. The van der Waals surface area contributed by atoms with Crippen LogP contribution in [-0.4, -0.2) is 51.7 Å². The zero-order valence-corrected chi connectivity index (χ0v) is 24.5. The van der Waals surface area contributed by atoms with E-state index in [9.17, 15) is 19.5 Å². The van der Waals surface area contributed by atoms with Gasteiger partial charge in [-0.1, -0.05) is 53.1 Å². The van der Waals surface area contributed by atoms with Crippen LogP contribution in [-0.2, 0) is 14.3 Å². The molecule has 9 heteroatoms. The summed E-state index contributed by atoms with van der Waals surface area (Å²) in [6.45, 7) is 15.4. The largest absolute Gasteiger partial charge is 0.444 e. The molecule has 0 aliphatic carbocycles. The summed E-state index contributed by atoms with van der Waals surface area (Å²) in [5, 5.41) is 15.8. The van der Waals surface area contributed by atoms with Gasteiger partial charge in [-0.25, -0.2) is 4.79 Å². The van der Waals surface area contributed by atoms with Gasteiger partial charge < -0.3 is 25.4 Å². The number of hydrogen-bond donors (Lipinski definition) is 3. The van der Waals surface area contributed by atoms with E-state index in [0.717, 1.165) is 16.7 Å². The van der Waals surface area contributed by atoms with Crippen molar-refractivity contribution in [3.63, 3.8) is 0 Å². The Balaban J connectivity index is 2.63. The Morgan fingerprint density at radius 3 is 2.05 bits per heavy atom. The SMILES string of the molecule is Cc1cc(C)cc(C(C(=O)Nc2c(C)cccc2Cl)N(C(=O)C(CO)NC(=O)OC(C)(C)C)C(C)(C)C)c1. The number of amides is 3. The fraction of sp³-hybridized carbons (Fsp3) is 0.483. The fourth-order valence-corrected chi connectivity index (χ4v) is 4.48. The number of carbonyl (C=O) groups is 3. The lowest BCUT2D eigenvalue weighted by atomic mass is 9.93. The zero-order chi connectivity index (χ0) is 29.0. The highest BCUT2D eigenvalue weighted by Gasteiger charge is 2.42. The first-order chi connectivity index (χ1) is 17.4. The average molecular weight is 546 g/mol. The van der Waals surface area contributed by atoms with E-state index in [2.05, 4.69) is 10.6 Å². The molecule has 38 heavy (non-hydrogen) atoms. The molecule has 0 aliphatic rings. The first-order valence-electron chi connectivity index (χ1n) is 12.5. The van der Waals surface area contributed by atoms with Gasteiger partial charge in [-0.15, -0.1) is 0 Å². The van der Waals surface area contributed by atoms with Crippen LogP contribution in [0.1, 0.15) is 69.8 Å². The number of aliphatic hydroxyl groups excluding tert-OH is 1. The van der Waals surface area contributed by atoms with Gasteiger partial charge in [0.2, 0.25) is 5.91 Å². The number of ether oxygens (including phenoxy) is 1. The summed E-state index contributed by atoms with van der Waals surface area (Å²) in [6, 6.07) is 8.50. The smallest absolute Gasteiger partial charge is 0.408 e. The molecule has 2 aromatic rings. The van der Waals surface area contributed by atoms with E-state index >= 15 is 0 Å². The van der Waals surface area contributed by atoms with E-state index in [-0.39, 0.29) is 0 Å². The molecule has 208 valence electrons. The molecule has 0 bridgehead atoms. The summed E-state index contributed by atoms with van der Waals surface area (Å²) < 4.78 is 5.29. The second kappa shape index (κ2) is 12.2. The molecule has 0 saturated heterocycles. The van der Waals surface area contributed by atoms with Crippen molar-refractivity contribution in [2.75, 3.05) is 11.9 Å². The number of rotatable bonds is 7. The van der Waals surface area contributed by atoms with Gasteiger partial charge >= 0.3 is 6.09 Å². The minimum absolute atomic E-state index is 0.367. The number of carbonyl (C=O) groups excluding carboxylic acids is 3. The molecule has 0 aromatic heterocycles. The van der Waals surface area contributed by atoms with Gasteiger partial charge in [0.25, 0.3) is 5.91 Å². The summed E-state index contributed by atoms with van der Waals surface area (Å²) in [7, 11) is 0. The molecule has 3 N–H and O–H groups in total. The van der Waals surface area contributed by atoms with Crippen LogP contribution in [0.25, 0.3) is 0 Å². The predicted octanol–water partition coefficient (Wildman–Crippen LogP) is 5.46. The van der Waals surface area contributed by atoms with Crippen molar-refractivity contribution in [2.24, 2.45) is 0 Å². The molecule has 0 radical (unpaired) electrons. The topological polar surface area (TPSA) is 108 Å². The van der Waals surface area contributed by atoms with Crippen LogP contribution in [0, 0.1) is 20.8 Å². The van der Waals surface area contributed by atoms with E-state index in [0.29, 0.717) is 16.3 Å². The minimum Gasteiger partial charge on any atom is -0.444 e. The lowest BCUT2D eigenvalue weighted by molar-refractivity contribution is -0.147. The van der Waals surface area contributed by atoms with Crippen LogP contribution >= 0.6 is 11.6 Å². The maximum absolute atomic E-state index is 14.0. The first kappa shape index (κ1) is 31.1. The molecular weight excluding hydrogens is 506 g/mol. The second-order valence-corrected chi connectivity index (χ2v) is 11.9. The maximum atomic E-state index is 14.0. The average Bonchev–Trinajstić information content (AvgIpc) is 2.75. The number of benzene rings is 2.